The minimum atomic E-state index is -1.20. The van der Waals surface area contributed by atoms with E-state index in [-0.39, 0.29) is 16.9 Å². The van der Waals surface area contributed by atoms with Gasteiger partial charge in [-0.15, -0.1) is 0 Å². The molecule has 1 amide bonds. The number of ether oxygens (including phenoxy) is 1. The Morgan fingerprint density at radius 1 is 1.14 bits per heavy atom. The molecule has 8 heteroatoms. The monoisotopic (exact) mass is 400 g/mol. The second-order valence-corrected chi connectivity index (χ2v) is 7.08. The van der Waals surface area contributed by atoms with Crippen LogP contribution in [-0.2, 0) is 19.7 Å². The van der Waals surface area contributed by atoms with Crippen LogP contribution in [0.3, 0.4) is 0 Å². The summed E-state index contributed by atoms with van der Waals surface area (Å²) in [6, 6.07) is 11.8. The summed E-state index contributed by atoms with van der Waals surface area (Å²) in [6.07, 6.45) is 1.17. The van der Waals surface area contributed by atoms with E-state index >= 15 is 0 Å². The second-order valence-electron chi connectivity index (χ2n) is 7.08. The Labute approximate surface area is 167 Å². The summed E-state index contributed by atoms with van der Waals surface area (Å²) in [5.74, 6) is -1.84. The molecular weight excluding hydrogens is 379 g/mol. The number of benzene rings is 2. The summed E-state index contributed by atoms with van der Waals surface area (Å²) in [5, 5.41) is 13.5. The quantitative estimate of drug-likeness (QED) is 0.447. The number of hydrogen-bond acceptors (Lipinski definition) is 5. The van der Waals surface area contributed by atoms with E-state index in [4.69, 9.17) is 4.74 Å². The topological polar surface area (TPSA) is 98.5 Å². The Balaban J connectivity index is 1.76. The van der Waals surface area contributed by atoms with Crippen molar-refractivity contribution < 1.29 is 23.6 Å². The molecule has 1 atom stereocenters. The van der Waals surface area contributed by atoms with Crippen LogP contribution in [0.1, 0.15) is 38.2 Å². The maximum atomic E-state index is 14.4. The van der Waals surface area contributed by atoms with Crippen LogP contribution < -0.4 is 5.32 Å². The lowest BCUT2D eigenvalue weighted by Gasteiger charge is -2.29. The molecule has 1 fully saturated rings. The van der Waals surface area contributed by atoms with Crippen molar-refractivity contribution in [2.75, 3.05) is 5.32 Å². The molecule has 0 unspecified atom stereocenters. The van der Waals surface area contributed by atoms with E-state index in [1.807, 2.05) is 0 Å². The summed E-state index contributed by atoms with van der Waals surface area (Å²) in [5.41, 5.74) is -1.11. The van der Waals surface area contributed by atoms with E-state index in [9.17, 15) is 24.1 Å². The van der Waals surface area contributed by atoms with Crippen molar-refractivity contribution in [2.24, 2.45) is 0 Å². The van der Waals surface area contributed by atoms with E-state index < -0.39 is 34.1 Å². The SMILES string of the molecule is C[C@H](OC(=O)C1(c2ccccc2F)CCCC1)C(=O)Nc1ccccc1[N+](=O)[O-]. The minimum Gasteiger partial charge on any atom is -0.452 e. The molecule has 1 saturated carbocycles. The normalized spacial score (nSPS) is 16.1. The molecular formula is C21H21FN2O5. The average molecular weight is 400 g/mol. The molecule has 0 radical (unpaired) electrons. The number of carbonyl (C=O) groups is 2. The third-order valence-corrected chi connectivity index (χ3v) is 5.25. The Hall–Kier alpha value is -3.29. The van der Waals surface area contributed by atoms with Gasteiger partial charge in [0.1, 0.15) is 11.5 Å². The van der Waals surface area contributed by atoms with Crippen LogP contribution in [0.4, 0.5) is 15.8 Å². The first kappa shape index (κ1) is 20.4. The van der Waals surface area contributed by atoms with Crippen molar-refractivity contribution in [2.45, 2.75) is 44.1 Å². The van der Waals surface area contributed by atoms with Gasteiger partial charge >= 0.3 is 5.97 Å². The van der Waals surface area contributed by atoms with Gasteiger partial charge in [0.15, 0.2) is 6.10 Å². The van der Waals surface area contributed by atoms with Crippen LogP contribution in [0.5, 0.6) is 0 Å². The van der Waals surface area contributed by atoms with Crippen molar-refractivity contribution in [1.82, 2.24) is 0 Å². The first-order valence-electron chi connectivity index (χ1n) is 9.35. The van der Waals surface area contributed by atoms with Crippen LogP contribution in [0.2, 0.25) is 0 Å². The Morgan fingerprint density at radius 2 is 1.76 bits per heavy atom. The first-order chi connectivity index (χ1) is 13.8. The zero-order valence-electron chi connectivity index (χ0n) is 15.9. The summed E-state index contributed by atoms with van der Waals surface area (Å²) in [6.45, 7) is 1.38. The predicted octanol–water partition coefficient (Wildman–Crippen LogP) is 4.12. The molecule has 0 bridgehead atoms. The third kappa shape index (κ3) is 4.11. The number of hydrogen-bond donors (Lipinski definition) is 1. The number of nitro benzene ring substituents is 1. The van der Waals surface area contributed by atoms with Gasteiger partial charge in [-0.2, -0.15) is 0 Å². The molecule has 0 spiro atoms. The zero-order valence-corrected chi connectivity index (χ0v) is 15.9. The standard InChI is InChI=1S/C21H21FN2O5/c1-14(19(25)23-17-10-4-5-11-18(17)24(27)28)29-20(26)21(12-6-7-13-21)15-8-2-3-9-16(15)22/h2-5,8-11,14H,6-7,12-13H2,1H3,(H,23,25)/t14-/m0/s1. The van der Waals surface area contributed by atoms with Gasteiger partial charge < -0.3 is 10.1 Å². The van der Waals surface area contributed by atoms with E-state index in [2.05, 4.69) is 5.32 Å². The Kier molecular flexibility index (Phi) is 5.91. The maximum Gasteiger partial charge on any atom is 0.317 e. The fourth-order valence-corrected chi connectivity index (χ4v) is 3.71. The van der Waals surface area contributed by atoms with Crippen molar-refractivity contribution in [3.8, 4) is 0 Å². The lowest BCUT2D eigenvalue weighted by atomic mass is 9.78. The smallest absolute Gasteiger partial charge is 0.317 e. The number of esters is 1. The molecule has 1 aliphatic rings. The Bertz CT molecular complexity index is 940. The molecule has 0 aliphatic heterocycles. The second kappa shape index (κ2) is 8.38. The van der Waals surface area contributed by atoms with Crippen molar-refractivity contribution >= 4 is 23.3 Å². The molecule has 2 aromatic rings. The zero-order chi connectivity index (χ0) is 21.0. The lowest BCUT2D eigenvalue weighted by molar-refractivity contribution is -0.383. The van der Waals surface area contributed by atoms with Crippen LogP contribution in [0, 0.1) is 15.9 Å². The first-order valence-corrected chi connectivity index (χ1v) is 9.35. The largest absolute Gasteiger partial charge is 0.452 e. The minimum absolute atomic E-state index is 0.00934. The van der Waals surface area contributed by atoms with Gasteiger partial charge in [-0.1, -0.05) is 43.2 Å². The number of para-hydroxylation sites is 2. The maximum absolute atomic E-state index is 14.4. The number of rotatable bonds is 6. The van der Waals surface area contributed by atoms with Crippen LogP contribution in [0.15, 0.2) is 48.5 Å². The van der Waals surface area contributed by atoms with Gasteiger partial charge in [0.05, 0.1) is 10.3 Å². The number of nitro groups is 1. The lowest BCUT2D eigenvalue weighted by Crippen LogP contribution is -2.40. The van der Waals surface area contributed by atoms with Crippen molar-refractivity contribution in [3.63, 3.8) is 0 Å². The molecule has 152 valence electrons. The third-order valence-electron chi connectivity index (χ3n) is 5.25. The van der Waals surface area contributed by atoms with E-state index in [1.54, 1.807) is 24.3 Å². The van der Waals surface area contributed by atoms with Gasteiger partial charge in [0, 0.05) is 11.6 Å². The fraction of sp³-hybridized carbons (Fsp3) is 0.333. The highest BCUT2D eigenvalue weighted by Gasteiger charge is 2.46. The highest BCUT2D eigenvalue weighted by molar-refractivity contribution is 5.97. The van der Waals surface area contributed by atoms with Crippen LogP contribution in [0.25, 0.3) is 0 Å². The molecule has 2 aromatic carbocycles. The van der Waals surface area contributed by atoms with Gasteiger partial charge in [-0.05, 0) is 31.9 Å². The van der Waals surface area contributed by atoms with Gasteiger partial charge in [0.2, 0.25) is 0 Å². The number of anilines is 1. The number of carbonyl (C=O) groups excluding carboxylic acids is 2. The molecule has 7 nitrogen and oxygen atoms in total. The number of halogens is 1. The number of nitrogens with one attached hydrogen (secondary N) is 1. The summed E-state index contributed by atoms with van der Waals surface area (Å²) < 4.78 is 19.8. The molecule has 1 N–H and O–H groups in total. The highest BCUT2D eigenvalue weighted by Crippen LogP contribution is 2.43. The number of nitrogens with zero attached hydrogens (tertiary/aromatic N) is 1. The summed E-state index contributed by atoms with van der Waals surface area (Å²) in [4.78, 5) is 35.9. The molecule has 0 heterocycles. The summed E-state index contributed by atoms with van der Waals surface area (Å²) in [7, 11) is 0. The van der Waals surface area contributed by atoms with Gasteiger partial charge in [-0.25, -0.2) is 4.39 Å². The van der Waals surface area contributed by atoms with E-state index in [1.165, 1.54) is 31.2 Å². The van der Waals surface area contributed by atoms with Crippen LogP contribution >= 0.6 is 0 Å². The molecule has 3 rings (SSSR count). The van der Waals surface area contributed by atoms with Gasteiger partial charge in [0.25, 0.3) is 11.6 Å². The molecule has 0 saturated heterocycles. The van der Waals surface area contributed by atoms with Crippen molar-refractivity contribution in [3.05, 3.63) is 70.0 Å². The number of amides is 1. The average Bonchev–Trinajstić information content (AvgIpc) is 3.19. The molecule has 29 heavy (non-hydrogen) atoms. The van der Waals surface area contributed by atoms with Crippen LogP contribution in [-0.4, -0.2) is 22.9 Å². The summed E-state index contributed by atoms with van der Waals surface area (Å²) >= 11 is 0. The van der Waals surface area contributed by atoms with E-state index in [0.29, 0.717) is 12.8 Å². The molecule has 1 aliphatic carbocycles. The van der Waals surface area contributed by atoms with Gasteiger partial charge in [-0.3, -0.25) is 19.7 Å². The fourth-order valence-electron chi connectivity index (χ4n) is 3.71. The molecule has 0 aromatic heterocycles. The van der Waals surface area contributed by atoms with Crippen molar-refractivity contribution in [1.29, 1.82) is 0 Å². The highest BCUT2D eigenvalue weighted by atomic mass is 19.1. The predicted molar refractivity (Wildman–Crippen MR) is 104 cm³/mol. The Morgan fingerprint density at radius 3 is 2.41 bits per heavy atom. The van der Waals surface area contributed by atoms with E-state index in [0.717, 1.165) is 12.8 Å².